The zero-order chi connectivity index (χ0) is 27.1. The van der Waals surface area contributed by atoms with Crippen molar-refractivity contribution in [3.63, 3.8) is 0 Å². The van der Waals surface area contributed by atoms with Gasteiger partial charge in [-0.2, -0.15) is 0 Å². The molecule has 2 atom stereocenters. The Morgan fingerprint density at radius 3 is 1.72 bits per heavy atom. The average molecular weight is 518 g/mol. The minimum atomic E-state index is -0.974. The van der Waals surface area contributed by atoms with E-state index in [0.29, 0.717) is 12.1 Å². The van der Waals surface area contributed by atoms with Crippen LogP contribution >= 0.6 is 0 Å². The number of benzene rings is 4. The second kappa shape index (κ2) is 11.9. The largest absolute Gasteiger partial charge is 0.454 e. The first-order valence-electron chi connectivity index (χ1n) is 13.1. The molecule has 1 aliphatic heterocycles. The van der Waals surface area contributed by atoms with Crippen molar-refractivity contribution in [1.82, 2.24) is 4.90 Å². The molecular formula is C34H31NO4. The molecule has 1 amide bonds. The summed E-state index contributed by atoms with van der Waals surface area (Å²) in [7, 11) is 0. The number of hydrogen-bond acceptors (Lipinski definition) is 4. The molecule has 0 saturated carbocycles. The van der Waals surface area contributed by atoms with Crippen LogP contribution in [0.25, 0.3) is 0 Å². The van der Waals surface area contributed by atoms with E-state index in [0.717, 1.165) is 16.7 Å². The number of amides is 1. The summed E-state index contributed by atoms with van der Waals surface area (Å²) in [6.07, 6.45) is 1.27. The van der Waals surface area contributed by atoms with E-state index in [2.05, 4.69) is 6.58 Å². The van der Waals surface area contributed by atoms with Crippen LogP contribution in [-0.4, -0.2) is 42.1 Å². The van der Waals surface area contributed by atoms with Crippen LogP contribution in [-0.2, 0) is 19.9 Å². The van der Waals surface area contributed by atoms with E-state index >= 15 is 0 Å². The third-order valence-corrected chi connectivity index (χ3v) is 7.13. The fourth-order valence-electron chi connectivity index (χ4n) is 5.17. The van der Waals surface area contributed by atoms with Crippen LogP contribution in [0.4, 0.5) is 0 Å². The molecule has 1 saturated heterocycles. The molecule has 0 aliphatic carbocycles. The molecule has 1 heterocycles. The van der Waals surface area contributed by atoms with Gasteiger partial charge in [0.1, 0.15) is 11.7 Å². The van der Waals surface area contributed by atoms with Gasteiger partial charge in [-0.25, -0.2) is 4.79 Å². The molecule has 1 aliphatic rings. The Bertz CT molecular complexity index is 1290. The normalized spacial score (nSPS) is 15.7. The lowest BCUT2D eigenvalue weighted by atomic mass is 9.80. The van der Waals surface area contributed by atoms with Crippen LogP contribution in [0.3, 0.4) is 0 Å². The number of ether oxygens (including phenoxy) is 2. The van der Waals surface area contributed by atoms with Crippen molar-refractivity contribution in [3.8, 4) is 0 Å². The molecule has 0 bridgehead atoms. The van der Waals surface area contributed by atoms with Crippen LogP contribution in [0.5, 0.6) is 0 Å². The van der Waals surface area contributed by atoms with Gasteiger partial charge in [0.2, 0.25) is 5.91 Å². The zero-order valence-electron chi connectivity index (χ0n) is 21.7. The SMILES string of the molecule is C=CCN1C(=O)C[C@H]1[C@@H](COC(c1ccccc1)(c1ccccc1)c1ccccc1)OC(=O)c1ccccc1. The van der Waals surface area contributed by atoms with Gasteiger partial charge >= 0.3 is 5.97 Å². The highest BCUT2D eigenvalue weighted by molar-refractivity contribution is 5.90. The van der Waals surface area contributed by atoms with Gasteiger partial charge in [-0.1, -0.05) is 115 Å². The highest BCUT2D eigenvalue weighted by atomic mass is 16.6. The lowest BCUT2D eigenvalue weighted by molar-refractivity contribution is -0.156. The van der Waals surface area contributed by atoms with E-state index in [1.54, 1.807) is 35.2 Å². The Kier molecular flexibility index (Phi) is 7.99. The van der Waals surface area contributed by atoms with Gasteiger partial charge in [-0.3, -0.25) is 4.79 Å². The zero-order valence-corrected chi connectivity index (χ0v) is 21.7. The Morgan fingerprint density at radius 2 is 1.28 bits per heavy atom. The van der Waals surface area contributed by atoms with E-state index in [-0.39, 0.29) is 25.0 Å². The molecular weight excluding hydrogens is 486 g/mol. The quantitative estimate of drug-likeness (QED) is 0.106. The second-order valence-corrected chi connectivity index (χ2v) is 9.51. The first kappa shape index (κ1) is 26.1. The number of esters is 1. The molecule has 39 heavy (non-hydrogen) atoms. The molecule has 0 aromatic heterocycles. The van der Waals surface area contributed by atoms with Crippen molar-refractivity contribution in [3.05, 3.63) is 156 Å². The number of β-lactam (4-membered cyclic amide) rings is 1. The Labute approximate surface area is 229 Å². The molecule has 0 radical (unpaired) electrons. The van der Waals surface area contributed by atoms with Crippen LogP contribution in [0.15, 0.2) is 134 Å². The molecule has 0 N–H and O–H groups in total. The van der Waals surface area contributed by atoms with Crippen molar-refractivity contribution in [2.75, 3.05) is 13.2 Å². The smallest absolute Gasteiger partial charge is 0.338 e. The minimum Gasteiger partial charge on any atom is -0.454 e. The predicted octanol–water partition coefficient (Wildman–Crippen LogP) is 6.01. The molecule has 0 unspecified atom stereocenters. The fraction of sp³-hybridized carbons (Fsp3) is 0.176. The first-order chi connectivity index (χ1) is 19.1. The lowest BCUT2D eigenvalue weighted by Gasteiger charge is -2.45. The van der Waals surface area contributed by atoms with Gasteiger partial charge in [-0.05, 0) is 28.8 Å². The average Bonchev–Trinajstić information content (AvgIpc) is 3.00. The fourth-order valence-corrected chi connectivity index (χ4v) is 5.17. The van der Waals surface area contributed by atoms with Crippen LogP contribution < -0.4 is 0 Å². The maximum absolute atomic E-state index is 13.2. The van der Waals surface area contributed by atoms with E-state index in [1.165, 1.54) is 0 Å². The van der Waals surface area contributed by atoms with Gasteiger partial charge in [0.25, 0.3) is 0 Å². The van der Waals surface area contributed by atoms with Crippen LogP contribution in [0.2, 0.25) is 0 Å². The van der Waals surface area contributed by atoms with Crippen LogP contribution in [0, 0.1) is 0 Å². The van der Waals surface area contributed by atoms with Crippen molar-refractivity contribution in [1.29, 1.82) is 0 Å². The third-order valence-electron chi connectivity index (χ3n) is 7.13. The summed E-state index contributed by atoms with van der Waals surface area (Å²) in [5.74, 6) is -0.451. The molecule has 4 aromatic carbocycles. The van der Waals surface area contributed by atoms with Crippen molar-refractivity contribution >= 4 is 11.9 Å². The second-order valence-electron chi connectivity index (χ2n) is 9.51. The molecule has 196 valence electrons. The maximum atomic E-state index is 13.2. The van der Waals surface area contributed by atoms with Gasteiger partial charge < -0.3 is 14.4 Å². The van der Waals surface area contributed by atoms with Gasteiger partial charge in [-0.15, -0.1) is 6.58 Å². The molecule has 5 rings (SSSR count). The highest BCUT2D eigenvalue weighted by Gasteiger charge is 2.45. The third kappa shape index (κ3) is 5.40. The molecule has 5 nitrogen and oxygen atoms in total. The minimum absolute atomic E-state index is 0.00102. The summed E-state index contributed by atoms with van der Waals surface area (Å²) in [5.41, 5.74) is 2.32. The summed E-state index contributed by atoms with van der Waals surface area (Å²) in [4.78, 5) is 27.3. The van der Waals surface area contributed by atoms with Crippen molar-refractivity contribution in [2.24, 2.45) is 0 Å². The predicted molar refractivity (Wildman–Crippen MR) is 151 cm³/mol. The van der Waals surface area contributed by atoms with Crippen molar-refractivity contribution in [2.45, 2.75) is 24.2 Å². The number of carbonyl (C=O) groups excluding carboxylic acids is 2. The summed E-state index contributed by atoms with van der Waals surface area (Å²) >= 11 is 0. The van der Waals surface area contributed by atoms with Gasteiger partial charge in [0.15, 0.2) is 0 Å². The monoisotopic (exact) mass is 517 g/mol. The van der Waals surface area contributed by atoms with Crippen molar-refractivity contribution < 1.29 is 19.1 Å². The number of hydrogen-bond donors (Lipinski definition) is 0. The highest BCUT2D eigenvalue weighted by Crippen LogP contribution is 2.41. The maximum Gasteiger partial charge on any atom is 0.338 e. The number of likely N-dealkylation sites (tertiary alicyclic amines) is 1. The number of carbonyl (C=O) groups is 2. The summed E-state index contributed by atoms with van der Waals surface area (Å²) in [6.45, 7) is 4.24. The lowest BCUT2D eigenvalue weighted by Crippen LogP contribution is -2.60. The first-order valence-corrected chi connectivity index (χ1v) is 13.1. The van der Waals surface area contributed by atoms with Gasteiger partial charge in [0, 0.05) is 6.54 Å². The van der Waals surface area contributed by atoms with E-state index in [1.807, 2.05) is 97.1 Å². The standard InChI is InChI=1S/C34H31NO4/c1-2-23-35-30(24-32(35)36)31(39-33(37)26-15-7-3-8-16-26)25-38-34(27-17-9-4-10-18-27,28-19-11-5-12-20-28)29-21-13-6-14-22-29/h2-22,30-31H,1,23-25H2/t30-,31+/m0/s1. The van der Waals surface area contributed by atoms with E-state index in [4.69, 9.17) is 9.47 Å². The molecule has 0 spiro atoms. The number of rotatable bonds is 11. The Morgan fingerprint density at radius 1 is 0.821 bits per heavy atom. The van der Waals surface area contributed by atoms with E-state index in [9.17, 15) is 9.59 Å². The summed E-state index contributed by atoms with van der Waals surface area (Å²) < 4.78 is 13.0. The summed E-state index contributed by atoms with van der Waals surface area (Å²) in [5, 5.41) is 0. The molecule has 5 heteroatoms. The van der Waals surface area contributed by atoms with E-state index < -0.39 is 17.7 Å². The number of nitrogens with zero attached hydrogens (tertiary/aromatic N) is 1. The molecule has 1 fully saturated rings. The topological polar surface area (TPSA) is 55.8 Å². The Balaban J connectivity index is 1.55. The summed E-state index contributed by atoms with van der Waals surface area (Å²) in [6, 6.07) is 38.7. The molecule has 4 aromatic rings. The van der Waals surface area contributed by atoms with Crippen LogP contribution in [0.1, 0.15) is 33.5 Å². The van der Waals surface area contributed by atoms with Gasteiger partial charge in [0.05, 0.1) is 24.6 Å². The Hall–Kier alpha value is -4.48.